The molecule has 1 aromatic rings. The van der Waals surface area contributed by atoms with E-state index >= 15 is 0 Å². The summed E-state index contributed by atoms with van der Waals surface area (Å²) >= 11 is 0. The van der Waals surface area contributed by atoms with Gasteiger partial charge in [0.05, 0.1) is 5.69 Å². The van der Waals surface area contributed by atoms with Crippen LogP contribution in [0.15, 0.2) is 4.42 Å². The van der Waals surface area contributed by atoms with Crippen LogP contribution in [0.1, 0.15) is 80.9 Å². The maximum Gasteiger partial charge on any atom is 0.373 e. The molecule has 1 N–H and O–H groups in total. The van der Waals surface area contributed by atoms with Crippen molar-refractivity contribution in [3.8, 4) is 0 Å². The Morgan fingerprint density at radius 3 is 2.44 bits per heavy atom. The first-order chi connectivity index (χ1) is 8.50. The lowest BCUT2D eigenvalue weighted by molar-refractivity contribution is 0.0655. The number of carbonyl (C=O) groups is 1. The van der Waals surface area contributed by atoms with E-state index in [2.05, 4.69) is 11.9 Å². The number of hydrogen-bond donors (Lipinski definition) is 1. The van der Waals surface area contributed by atoms with Gasteiger partial charge in [-0.05, 0) is 25.2 Å². The van der Waals surface area contributed by atoms with Crippen molar-refractivity contribution in [1.82, 2.24) is 4.98 Å². The first kappa shape index (κ1) is 13.1. The summed E-state index contributed by atoms with van der Waals surface area (Å²) in [5, 5.41) is 9.19. The Labute approximate surface area is 107 Å². The van der Waals surface area contributed by atoms with Gasteiger partial charge in [0.25, 0.3) is 0 Å². The molecule has 18 heavy (non-hydrogen) atoms. The fraction of sp³-hybridized carbons (Fsp3) is 0.714. The molecular weight excluding hydrogens is 230 g/mol. The van der Waals surface area contributed by atoms with Gasteiger partial charge in [0.2, 0.25) is 11.7 Å². The predicted molar refractivity (Wildman–Crippen MR) is 68.0 cm³/mol. The maximum absolute atomic E-state index is 11.2. The van der Waals surface area contributed by atoms with E-state index in [1.807, 2.05) is 13.8 Å². The highest BCUT2D eigenvalue weighted by Crippen LogP contribution is 2.44. The quantitative estimate of drug-likeness (QED) is 0.885. The molecule has 4 nitrogen and oxygen atoms in total. The summed E-state index contributed by atoms with van der Waals surface area (Å²) in [4.78, 5) is 15.7. The highest BCUT2D eigenvalue weighted by Gasteiger charge is 2.40. The lowest BCUT2D eigenvalue weighted by Gasteiger charge is -2.22. The average Bonchev–Trinajstić information content (AvgIpc) is 2.96. The predicted octanol–water partition coefficient (Wildman–Crippen LogP) is 3.72. The number of carboxylic acid groups (broad SMARTS) is 1. The van der Waals surface area contributed by atoms with E-state index in [0.29, 0.717) is 11.6 Å². The molecule has 2 rings (SSSR count). The van der Waals surface area contributed by atoms with Crippen molar-refractivity contribution in [2.24, 2.45) is 0 Å². The lowest BCUT2D eigenvalue weighted by atomic mass is 9.83. The molecule has 0 unspecified atom stereocenters. The van der Waals surface area contributed by atoms with Gasteiger partial charge in [-0.3, -0.25) is 0 Å². The molecule has 4 heteroatoms. The zero-order chi connectivity index (χ0) is 13.3. The number of aromatic nitrogens is 1. The second-order valence-electron chi connectivity index (χ2n) is 5.53. The van der Waals surface area contributed by atoms with Crippen LogP contribution >= 0.6 is 0 Å². The molecule has 0 bridgehead atoms. The van der Waals surface area contributed by atoms with Gasteiger partial charge in [-0.15, -0.1) is 0 Å². The fourth-order valence-electron chi connectivity index (χ4n) is 2.87. The van der Waals surface area contributed by atoms with Crippen LogP contribution in [0.25, 0.3) is 0 Å². The fourth-order valence-corrected chi connectivity index (χ4v) is 2.87. The number of rotatable bonds is 4. The van der Waals surface area contributed by atoms with E-state index in [1.54, 1.807) is 0 Å². The Morgan fingerprint density at radius 2 is 2.06 bits per heavy atom. The zero-order valence-electron chi connectivity index (χ0n) is 11.3. The maximum atomic E-state index is 11.2. The minimum atomic E-state index is -1.01. The Kier molecular flexibility index (Phi) is 3.46. The summed E-state index contributed by atoms with van der Waals surface area (Å²) in [6.45, 7) is 6.02. The van der Waals surface area contributed by atoms with Gasteiger partial charge in [-0.2, -0.15) is 0 Å². The normalized spacial score (nSPS) is 18.4. The van der Waals surface area contributed by atoms with Crippen LogP contribution in [-0.4, -0.2) is 16.1 Å². The number of oxazole rings is 1. The van der Waals surface area contributed by atoms with Crippen molar-refractivity contribution in [3.63, 3.8) is 0 Å². The van der Waals surface area contributed by atoms with Crippen LogP contribution in [0.2, 0.25) is 0 Å². The van der Waals surface area contributed by atoms with Gasteiger partial charge in [0.15, 0.2) is 0 Å². The summed E-state index contributed by atoms with van der Waals surface area (Å²) in [7, 11) is 0. The Bertz CT molecular complexity index is 442. The lowest BCUT2D eigenvalue weighted by Crippen LogP contribution is -2.21. The molecule has 0 atom stereocenters. The molecule has 0 radical (unpaired) electrons. The molecule has 0 amide bonds. The van der Waals surface area contributed by atoms with E-state index in [-0.39, 0.29) is 17.1 Å². The third-order valence-electron chi connectivity index (χ3n) is 4.09. The minimum absolute atomic E-state index is 0.0275. The largest absolute Gasteiger partial charge is 0.475 e. The molecule has 100 valence electrons. The number of aromatic carboxylic acids is 1. The molecule has 0 aromatic carbocycles. The van der Waals surface area contributed by atoms with Crippen LogP contribution in [0.3, 0.4) is 0 Å². The van der Waals surface area contributed by atoms with E-state index in [0.717, 1.165) is 19.3 Å². The standard InChI is InChI=1S/C14H21NO3/c1-4-14(7-5-6-8-14)13-15-10(9(2)3)11(18-13)12(16)17/h9H,4-8H2,1-3H3,(H,16,17). The summed E-state index contributed by atoms with van der Waals surface area (Å²) < 4.78 is 5.61. The summed E-state index contributed by atoms with van der Waals surface area (Å²) in [5.74, 6) is -0.270. The number of carboxylic acids is 1. The second-order valence-corrected chi connectivity index (χ2v) is 5.53. The molecule has 1 aliphatic rings. The smallest absolute Gasteiger partial charge is 0.373 e. The summed E-state index contributed by atoms with van der Waals surface area (Å²) in [5.41, 5.74) is 0.550. The van der Waals surface area contributed by atoms with E-state index < -0.39 is 5.97 Å². The van der Waals surface area contributed by atoms with Gasteiger partial charge < -0.3 is 9.52 Å². The van der Waals surface area contributed by atoms with Gasteiger partial charge in [-0.1, -0.05) is 33.6 Å². The van der Waals surface area contributed by atoms with Crippen molar-refractivity contribution >= 4 is 5.97 Å². The monoisotopic (exact) mass is 251 g/mol. The van der Waals surface area contributed by atoms with Crippen LogP contribution in [0.4, 0.5) is 0 Å². The molecule has 0 aliphatic heterocycles. The van der Waals surface area contributed by atoms with Crippen molar-refractivity contribution in [3.05, 3.63) is 17.3 Å². The number of hydrogen-bond acceptors (Lipinski definition) is 3. The van der Waals surface area contributed by atoms with Gasteiger partial charge in [0, 0.05) is 5.41 Å². The third kappa shape index (κ3) is 2.04. The highest BCUT2D eigenvalue weighted by atomic mass is 16.4. The van der Waals surface area contributed by atoms with Crippen LogP contribution in [0.5, 0.6) is 0 Å². The van der Waals surface area contributed by atoms with E-state index in [4.69, 9.17) is 4.42 Å². The molecular formula is C14H21NO3. The van der Waals surface area contributed by atoms with Gasteiger partial charge in [-0.25, -0.2) is 9.78 Å². The summed E-state index contributed by atoms with van der Waals surface area (Å²) in [6, 6.07) is 0. The van der Waals surface area contributed by atoms with Crippen LogP contribution in [0, 0.1) is 0 Å². The third-order valence-corrected chi connectivity index (χ3v) is 4.09. The molecule has 0 spiro atoms. The molecule has 1 fully saturated rings. The molecule has 1 heterocycles. The zero-order valence-corrected chi connectivity index (χ0v) is 11.3. The number of nitrogens with zero attached hydrogens (tertiary/aromatic N) is 1. The molecule has 0 saturated heterocycles. The van der Waals surface area contributed by atoms with Crippen LogP contribution in [-0.2, 0) is 5.41 Å². The van der Waals surface area contributed by atoms with E-state index in [9.17, 15) is 9.90 Å². The molecule has 1 aromatic heterocycles. The molecule has 1 saturated carbocycles. The Morgan fingerprint density at radius 1 is 1.44 bits per heavy atom. The van der Waals surface area contributed by atoms with Crippen molar-refractivity contribution < 1.29 is 14.3 Å². The van der Waals surface area contributed by atoms with Crippen LogP contribution < -0.4 is 0 Å². The second kappa shape index (κ2) is 4.75. The van der Waals surface area contributed by atoms with Crippen molar-refractivity contribution in [1.29, 1.82) is 0 Å². The Balaban J connectivity index is 2.46. The van der Waals surface area contributed by atoms with Crippen molar-refractivity contribution in [2.45, 2.75) is 64.2 Å². The Hall–Kier alpha value is -1.32. The van der Waals surface area contributed by atoms with Gasteiger partial charge in [0.1, 0.15) is 0 Å². The SMILES string of the molecule is CCC1(c2nc(C(C)C)c(C(=O)O)o2)CCCC1. The highest BCUT2D eigenvalue weighted by molar-refractivity contribution is 5.85. The van der Waals surface area contributed by atoms with Gasteiger partial charge >= 0.3 is 5.97 Å². The summed E-state index contributed by atoms with van der Waals surface area (Å²) in [6.07, 6.45) is 5.43. The van der Waals surface area contributed by atoms with E-state index in [1.165, 1.54) is 12.8 Å². The van der Waals surface area contributed by atoms with Crippen molar-refractivity contribution in [2.75, 3.05) is 0 Å². The molecule has 1 aliphatic carbocycles. The first-order valence-electron chi connectivity index (χ1n) is 6.74. The first-order valence-corrected chi connectivity index (χ1v) is 6.74. The minimum Gasteiger partial charge on any atom is -0.475 e. The topological polar surface area (TPSA) is 63.3 Å². The average molecular weight is 251 g/mol.